The average molecular weight is 273 g/mol. The predicted molar refractivity (Wildman–Crippen MR) is 88.1 cm³/mol. The predicted octanol–water partition coefficient (Wildman–Crippen LogP) is 4.73. The van der Waals surface area contributed by atoms with Crippen molar-refractivity contribution >= 4 is 0 Å². The summed E-state index contributed by atoms with van der Waals surface area (Å²) in [6.07, 6.45) is 6.75. The van der Waals surface area contributed by atoms with Gasteiger partial charge in [0.1, 0.15) is 0 Å². The molecule has 1 aromatic rings. The Bertz CT molecular complexity index is 422. The van der Waals surface area contributed by atoms with Crippen LogP contribution in [0.15, 0.2) is 24.3 Å². The molecule has 112 valence electrons. The zero-order chi connectivity index (χ0) is 14.6. The van der Waals surface area contributed by atoms with Crippen LogP contribution in [0.25, 0.3) is 0 Å². The van der Waals surface area contributed by atoms with E-state index in [1.54, 1.807) is 0 Å². The molecule has 1 nitrogen and oxygen atoms in total. The van der Waals surface area contributed by atoms with Crippen LogP contribution in [0.3, 0.4) is 0 Å². The van der Waals surface area contributed by atoms with Gasteiger partial charge in [-0.15, -0.1) is 0 Å². The number of aryl methyl sites for hydroxylation is 1. The Kier molecular flexibility index (Phi) is 5.26. The Morgan fingerprint density at radius 3 is 2.75 bits per heavy atom. The van der Waals surface area contributed by atoms with Crippen LogP contribution in [0, 0.1) is 18.3 Å². The van der Waals surface area contributed by atoms with Gasteiger partial charge in [-0.05, 0) is 49.6 Å². The molecular weight excluding hydrogens is 242 g/mol. The third kappa shape index (κ3) is 3.85. The Morgan fingerprint density at radius 1 is 1.30 bits per heavy atom. The van der Waals surface area contributed by atoms with Crippen molar-refractivity contribution < 1.29 is 0 Å². The van der Waals surface area contributed by atoms with Crippen molar-refractivity contribution in [1.82, 2.24) is 5.32 Å². The fourth-order valence-electron chi connectivity index (χ4n) is 3.98. The Labute approximate surface area is 125 Å². The third-order valence-electron chi connectivity index (χ3n) is 5.08. The third-order valence-corrected chi connectivity index (χ3v) is 5.08. The van der Waals surface area contributed by atoms with Crippen LogP contribution in [-0.4, -0.2) is 12.6 Å². The molecule has 1 aliphatic rings. The molecule has 20 heavy (non-hydrogen) atoms. The van der Waals surface area contributed by atoms with Crippen LogP contribution in [0.4, 0.5) is 0 Å². The molecule has 1 N–H and O–H groups in total. The molecule has 1 fully saturated rings. The first-order chi connectivity index (χ1) is 9.53. The molecule has 0 aliphatic heterocycles. The van der Waals surface area contributed by atoms with E-state index in [4.69, 9.17) is 0 Å². The van der Waals surface area contributed by atoms with Gasteiger partial charge in [-0.1, -0.05) is 63.4 Å². The average Bonchev–Trinajstić information content (AvgIpc) is 2.38. The van der Waals surface area contributed by atoms with Crippen molar-refractivity contribution in [2.24, 2.45) is 11.3 Å². The summed E-state index contributed by atoms with van der Waals surface area (Å²) < 4.78 is 0. The molecule has 0 bridgehead atoms. The van der Waals surface area contributed by atoms with Crippen LogP contribution in [0.2, 0.25) is 0 Å². The van der Waals surface area contributed by atoms with Gasteiger partial charge < -0.3 is 5.32 Å². The number of nitrogens with one attached hydrogen (secondary N) is 1. The van der Waals surface area contributed by atoms with Gasteiger partial charge in [0.15, 0.2) is 0 Å². The van der Waals surface area contributed by atoms with Gasteiger partial charge in [0.05, 0.1) is 0 Å². The minimum Gasteiger partial charge on any atom is -0.314 e. The molecule has 0 amide bonds. The highest BCUT2D eigenvalue weighted by Gasteiger charge is 2.37. The van der Waals surface area contributed by atoms with Gasteiger partial charge in [0, 0.05) is 6.04 Å². The van der Waals surface area contributed by atoms with Gasteiger partial charge in [-0.25, -0.2) is 0 Å². The van der Waals surface area contributed by atoms with Gasteiger partial charge in [-0.3, -0.25) is 0 Å². The second kappa shape index (κ2) is 6.76. The molecule has 1 saturated carbocycles. The van der Waals surface area contributed by atoms with Crippen LogP contribution in [0.5, 0.6) is 0 Å². The molecule has 2 rings (SSSR count). The number of benzene rings is 1. The maximum atomic E-state index is 3.78. The molecule has 0 heterocycles. The molecular formula is C19H31N. The highest BCUT2D eigenvalue weighted by molar-refractivity contribution is 5.23. The maximum absolute atomic E-state index is 3.78. The summed E-state index contributed by atoms with van der Waals surface area (Å²) in [4.78, 5) is 0. The van der Waals surface area contributed by atoms with Crippen molar-refractivity contribution in [2.75, 3.05) is 6.54 Å². The summed E-state index contributed by atoms with van der Waals surface area (Å²) >= 11 is 0. The largest absolute Gasteiger partial charge is 0.314 e. The standard InChI is InChI=1S/C19H31N/c1-5-20-18(14-16-10-8-9-15(2)13-16)17-11-6-7-12-19(17,3)4/h8-10,13,17-18,20H,5-7,11-12,14H2,1-4H3. The summed E-state index contributed by atoms with van der Waals surface area (Å²) in [5, 5.41) is 3.78. The fraction of sp³-hybridized carbons (Fsp3) is 0.684. The van der Waals surface area contributed by atoms with Crippen molar-refractivity contribution in [1.29, 1.82) is 0 Å². The molecule has 0 radical (unpaired) electrons. The topological polar surface area (TPSA) is 12.0 Å². The van der Waals surface area contributed by atoms with Gasteiger partial charge in [0.25, 0.3) is 0 Å². The minimum atomic E-state index is 0.481. The van der Waals surface area contributed by atoms with Gasteiger partial charge in [-0.2, -0.15) is 0 Å². The minimum absolute atomic E-state index is 0.481. The molecule has 0 spiro atoms. The smallest absolute Gasteiger partial charge is 0.0141 e. The number of likely N-dealkylation sites (N-methyl/N-ethyl adjacent to an activating group) is 1. The molecule has 0 aromatic heterocycles. The number of hydrogen-bond acceptors (Lipinski definition) is 1. The van der Waals surface area contributed by atoms with E-state index in [9.17, 15) is 0 Å². The van der Waals surface area contributed by atoms with Crippen molar-refractivity contribution in [3.8, 4) is 0 Å². The lowest BCUT2D eigenvalue weighted by atomic mass is 9.65. The summed E-state index contributed by atoms with van der Waals surface area (Å²) in [7, 11) is 0. The first-order valence-corrected chi connectivity index (χ1v) is 8.32. The van der Waals surface area contributed by atoms with Crippen LogP contribution in [0.1, 0.15) is 57.6 Å². The second-order valence-corrected chi connectivity index (χ2v) is 7.20. The van der Waals surface area contributed by atoms with E-state index < -0.39 is 0 Å². The highest BCUT2D eigenvalue weighted by atomic mass is 14.9. The summed E-state index contributed by atoms with van der Waals surface area (Å²) in [5.41, 5.74) is 3.34. The lowest BCUT2D eigenvalue weighted by Crippen LogP contribution is -2.46. The lowest BCUT2D eigenvalue weighted by Gasteiger charge is -2.43. The monoisotopic (exact) mass is 273 g/mol. The molecule has 1 aromatic carbocycles. The van der Waals surface area contributed by atoms with Crippen LogP contribution < -0.4 is 5.32 Å². The first-order valence-electron chi connectivity index (χ1n) is 8.32. The van der Waals surface area contributed by atoms with Crippen LogP contribution in [-0.2, 0) is 6.42 Å². The van der Waals surface area contributed by atoms with Crippen molar-refractivity contribution in [2.45, 2.75) is 65.8 Å². The summed E-state index contributed by atoms with van der Waals surface area (Å²) in [5.74, 6) is 0.803. The number of rotatable bonds is 5. The molecule has 1 heteroatoms. The van der Waals surface area contributed by atoms with E-state index in [0.717, 1.165) is 12.5 Å². The van der Waals surface area contributed by atoms with E-state index in [1.807, 2.05) is 0 Å². The Balaban J connectivity index is 2.13. The van der Waals surface area contributed by atoms with E-state index in [0.29, 0.717) is 11.5 Å². The van der Waals surface area contributed by atoms with E-state index >= 15 is 0 Å². The Morgan fingerprint density at radius 2 is 2.10 bits per heavy atom. The number of hydrogen-bond donors (Lipinski definition) is 1. The van der Waals surface area contributed by atoms with E-state index in [-0.39, 0.29) is 0 Å². The normalized spacial score (nSPS) is 23.5. The van der Waals surface area contributed by atoms with Gasteiger partial charge >= 0.3 is 0 Å². The summed E-state index contributed by atoms with van der Waals surface area (Å²) in [6, 6.07) is 9.64. The lowest BCUT2D eigenvalue weighted by molar-refractivity contribution is 0.0988. The van der Waals surface area contributed by atoms with E-state index in [2.05, 4.69) is 57.3 Å². The molecule has 2 atom stereocenters. The first kappa shape index (κ1) is 15.6. The molecule has 2 unspecified atom stereocenters. The zero-order valence-electron chi connectivity index (χ0n) is 13.7. The van der Waals surface area contributed by atoms with Gasteiger partial charge in [0.2, 0.25) is 0 Å². The quantitative estimate of drug-likeness (QED) is 0.817. The summed E-state index contributed by atoms with van der Waals surface area (Å²) in [6.45, 7) is 10.4. The SMILES string of the molecule is CCNC(Cc1cccc(C)c1)C1CCCCC1(C)C. The highest BCUT2D eigenvalue weighted by Crippen LogP contribution is 2.42. The maximum Gasteiger partial charge on any atom is 0.0141 e. The van der Waals surface area contributed by atoms with E-state index in [1.165, 1.54) is 43.2 Å². The Hall–Kier alpha value is -0.820. The van der Waals surface area contributed by atoms with Crippen LogP contribution >= 0.6 is 0 Å². The van der Waals surface area contributed by atoms with Crippen molar-refractivity contribution in [3.63, 3.8) is 0 Å². The molecule has 1 aliphatic carbocycles. The van der Waals surface area contributed by atoms with Crippen molar-refractivity contribution in [3.05, 3.63) is 35.4 Å². The zero-order valence-corrected chi connectivity index (χ0v) is 13.7. The molecule has 0 saturated heterocycles. The fourth-order valence-corrected chi connectivity index (χ4v) is 3.98. The second-order valence-electron chi connectivity index (χ2n) is 7.20.